The third-order valence-electron chi connectivity index (χ3n) is 2.52. The Labute approximate surface area is 93.5 Å². The maximum Gasteiger partial charge on any atom is 0.148 e. The van der Waals surface area contributed by atoms with Gasteiger partial charge in [0, 0.05) is 5.75 Å². The zero-order chi connectivity index (χ0) is 9.80. The Morgan fingerprint density at radius 2 is 2.14 bits per heavy atom. The van der Waals surface area contributed by atoms with E-state index >= 15 is 0 Å². The van der Waals surface area contributed by atoms with Gasteiger partial charge in [0.25, 0.3) is 0 Å². The molecule has 2 rings (SSSR count). The highest BCUT2D eigenvalue weighted by molar-refractivity contribution is 7.99. The quantitative estimate of drug-likeness (QED) is 0.742. The monoisotopic (exact) mass is 228 g/mol. The smallest absolute Gasteiger partial charge is 0.148 e. The van der Waals surface area contributed by atoms with Crippen LogP contribution in [0.15, 0.2) is 17.4 Å². The van der Waals surface area contributed by atoms with Crippen LogP contribution in [0, 0.1) is 5.92 Å². The van der Waals surface area contributed by atoms with E-state index in [0.29, 0.717) is 5.15 Å². The maximum absolute atomic E-state index is 5.75. The third kappa shape index (κ3) is 2.85. The van der Waals surface area contributed by atoms with E-state index in [9.17, 15) is 0 Å². The summed E-state index contributed by atoms with van der Waals surface area (Å²) in [6, 6.07) is 0. The lowest BCUT2D eigenvalue weighted by molar-refractivity contribution is 0.623. The van der Waals surface area contributed by atoms with Gasteiger partial charge >= 0.3 is 0 Å². The Bertz CT molecular complexity index is 300. The highest BCUT2D eigenvalue weighted by Gasteiger charge is 2.15. The molecule has 2 nitrogen and oxygen atoms in total. The van der Waals surface area contributed by atoms with Crippen molar-refractivity contribution in [1.29, 1.82) is 0 Å². The van der Waals surface area contributed by atoms with Crippen molar-refractivity contribution in [3.63, 3.8) is 0 Å². The predicted octanol–water partition coefficient (Wildman–Crippen LogP) is 3.41. The summed E-state index contributed by atoms with van der Waals surface area (Å²) in [7, 11) is 0. The summed E-state index contributed by atoms with van der Waals surface area (Å²) in [5.41, 5.74) is 0. The molecule has 1 fully saturated rings. The summed E-state index contributed by atoms with van der Waals surface area (Å²) < 4.78 is 0. The van der Waals surface area contributed by atoms with E-state index in [0.717, 1.165) is 16.7 Å². The number of rotatable bonds is 3. The number of hydrogen-bond donors (Lipinski definition) is 0. The zero-order valence-electron chi connectivity index (χ0n) is 7.95. The van der Waals surface area contributed by atoms with Crippen molar-refractivity contribution >= 4 is 23.4 Å². The molecular weight excluding hydrogens is 216 g/mol. The molecule has 4 heteroatoms. The van der Waals surface area contributed by atoms with E-state index in [1.807, 2.05) is 0 Å². The lowest BCUT2D eigenvalue weighted by Gasteiger charge is -2.06. The van der Waals surface area contributed by atoms with E-state index in [1.165, 1.54) is 25.7 Å². The Morgan fingerprint density at radius 3 is 2.86 bits per heavy atom. The Balaban J connectivity index is 1.85. The lowest BCUT2D eigenvalue weighted by Crippen LogP contribution is -1.97. The average Bonchev–Trinajstić information content (AvgIpc) is 2.67. The molecule has 0 radical (unpaired) electrons. The second kappa shape index (κ2) is 4.99. The van der Waals surface area contributed by atoms with Gasteiger partial charge < -0.3 is 0 Å². The summed E-state index contributed by atoms with van der Waals surface area (Å²) in [5.74, 6) is 2.04. The highest BCUT2D eigenvalue weighted by Crippen LogP contribution is 2.30. The number of halogens is 1. The molecule has 0 bridgehead atoms. The number of nitrogens with zero attached hydrogens (tertiary/aromatic N) is 2. The molecule has 0 amide bonds. The Morgan fingerprint density at radius 1 is 1.36 bits per heavy atom. The van der Waals surface area contributed by atoms with Crippen molar-refractivity contribution in [2.75, 3.05) is 5.75 Å². The first-order valence-corrected chi connectivity index (χ1v) is 6.31. The van der Waals surface area contributed by atoms with Crippen LogP contribution in [-0.2, 0) is 0 Å². The van der Waals surface area contributed by atoms with Gasteiger partial charge in [0.15, 0.2) is 0 Å². The van der Waals surface area contributed by atoms with Gasteiger partial charge in [-0.2, -0.15) is 0 Å². The highest BCUT2D eigenvalue weighted by atomic mass is 35.5. The Kier molecular flexibility index (Phi) is 3.65. The van der Waals surface area contributed by atoms with E-state index in [4.69, 9.17) is 11.6 Å². The third-order valence-corrected chi connectivity index (χ3v) is 3.84. The molecule has 1 saturated carbocycles. The second-order valence-corrected chi connectivity index (χ2v) is 5.07. The van der Waals surface area contributed by atoms with E-state index in [1.54, 1.807) is 24.2 Å². The van der Waals surface area contributed by atoms with Crippen LogP contribution in [0.4, 0.5) is 0 Å². The molecule has 0 spiro atoms. The molecule has 1 aromatic heterocycles. The van der Waals surface area contributed by atoms with Gasteiger partial charge in [-0.3, -0.25) is 4.98 Å². The van der Waals surface area contributed by atoms with Crippen molar-refractivity contribution < 1.29 is 0 Å². The summed E-state index contributed by atoms with van der Waals surface area (Å²) in [6.45, 7) is 0. The van der Waals surface area contributed by atoms with E-state index in [2.05, 4.69) is 9.97 Å². The van der Waals surface area contributed by atoms with Crippen LogP contribution in [0.5, 0.6) is 0 Å². The van der Waals surface area contributed by atoms with Gasteiger partial charge in [-0.15, -0.1) is 11.8 Å². The average molecular weight is 229 g/mol. The van der Waals surface area contributed by atoms with Gasteiger partial charge in [0.1, 0.15) is 10.2 Å². The fourth-order valence-electron chi connectivity index (χ4n) is 1.78. The molecule has 0 atom stereocenters. The first-order chi connectivity index (χ1) is 6.84. The molecule has 76 valence electrons. The normalized spacial score (nSPS) is 17.5. The minimum atomic E-state index is 0.487. The molecule has 0 unspecified atom stereocenters. The molecule has 0 N–H and O–H groups in total. The van der Waals surface area contributed by atoms with Crippen LogP contribution in [-0.4, -0.2) is 15.7 Å². The van der Waals surface area contributed by atoms with Gasteiger partial charge in [-0.05, 0) is 18.8 Å². The molecule has 0 saturated heterocycles. The molecule has 1 aromatic rings. The molecular formula is C10H13ClN2S. The molecule has 0 aromatic carbocycles. The largest absolute Gasteiger partial charge is 0.259 e. The standard InChI is InChI=1S/C10H13ClN2S/c11-9-5-12-6-10(13-9)14-7-8-3-1-2-4-8/h5-6,8H,1-4,7H2. The maximum atomic E-state index is 5.75. The SMILES string of the molecule is Clc1cncc(SCC2CCCC2)n1. The van der Waals surface area contributed by atoms with Crippen molar-refractivity contribution in [2.24, 2.45) is 5.92 Å². The van der Waals surface area contributed by atoms with Crippen LogP contribution < -0.4 is 0 Å². The van der Waals surface area contributed by atoms with E-state index < -0.39 is 0 Å². The first-order valence-electron chi connectivity index (χ1n) is 4.95. The molecule has 1 heterocycles. The number of aromatic nitrogens is 2. The molecule has 1 aliphatic carbocycles. The van der Waals surface area contributed by atoms with Crippen molar-refractivity contribution in [2.45, 2.75) is 30.7 Å². The summed E-state index contributed by atoms with van der Waals surface area (Å²) in [4.78, 5) is 8.21. The fourth-order valence-corrected chi connectivity index (χ4v) is 3.01. The molecule has 14 heavy (non-hydrogen) atoms. The van der Waals surface area contributed by atoms with Gasteiger partial charge in [-0.1, -0.05) is 24.4 Å². The van der Waals surface area contributed by atoms with Crippen molar-refractivity contribution in [3.05, 3.63) is 17.5 Å². The summed E-state index contributed by atoms with van der Waals surface area (Å²) >= 11 is 7.53. The minimum Gasteiger partial charge on any atom is -0.259 e. The zero-order valence-corrected chi connectivity index (χ0v) is 9.52. The minimum absolute atomic E-state index is 0.487. The van der Waals surface area contributed by atoms with Crippen LogP contribution >= 0.6 is 23.4 Å². The van der Waals surface area contributed by atoms with Crippen LogP contribution in [0.25, 0.3) is 0 Å². The number of hydrogen-bond acceptors (Lipinski definition) is 3. The number of thioether (sulfide) groups is 1. The summed E-state index contributed by atoms with van der Waals surface area (Å²) in [5, 5.41) is 1.44. The predicted molar refractivity (Wildman–Crippen MR) is 59.7 cm³/mol. The topological polar surface area (TPSA) is 25.8 Å². The van der Waals surface area contributed by atoms with E-state index in [-0.39, 0.29) is 0 Å². The van der Waals surface area contributed by atoms with Gasteiger partial charge in [0.05, 0.1) is 12.4 Å². The van der Waals surface area contributed by atoms with Crippen molar-refractivity contribution in [1.82, 2.24) is 9.97 Å². The van der Waals surface area contributed by atoms with Gasteiger partial charge in [-0.25, -0.2) is 4.98 Å². The molecule has 1 aliphatic rings. The van der Waals surface area contributed by atoms with Gasteiger partial charge in [0.2, 0.25) is 0 Å². The first kappa shape index (κ1) is 10.2. The van der Waals surface area contributed by atoms with Crippen LogP contribution in [0.1, 0.15) is 25.7 Å². The van der Waals surface area contributed by atoms with Crippen LogP contribution in [0.3, 0.4) is 0 Å². The van der Waals surface area contributed by atoms with Crippen molar-refractivity contribution in [3.8, 4) is 0 Å². The fraction of sp³-hybridized carbons (Fsp3) is 0.600. The second-order valence-electron chi connectivity index (χ2n) is 3.64. The lowest BCUT2D eigenvalue weighted by atomic mass is 10.1. The Hall–Kier alpha value is -0.280. The van der Waals surface area contributed by atoms with Crippen LogP contribution in [0.2, 0.25) is 5.15 Å². The molecule has 0 aliphatic heterocycles. The summed E-state index contributed by atoms with van der Waals surface area (Å²) in [6.07, 6.45) is 8.90.